The van der Waals surface area contributed by atoms with Crippen molar-refractivity contribution < 1.29 is 21.9 Å². The number of hydrogen-bond acceptors (Lipinski definition) is 3. The number of sulfonamides is 1. The van der Waals surface area contributed by atoms with E-state index in [1.54, 1.807) is 0 Å². The molecule has 0 unspecified atom stereocenters. The molecule has 1 aliphatic heterocycles. The molecule has 2 rings (SSSR count). The van der Waals surface area contributed by atoms with E-state index in [1.165, 1.54) is 0 Å². The van der Waals surface area contributed by atoms with Crippen LogP contribution < -0.4 is 0 Å². The van der Waals surface area contributed by atoms with Gasteiger partial charge in [0, 0.05) is 25.2 Å². The number of morpholine rings is 1. The predicted molar refractivity (Wildman–Crippen MR) is 54.8 cm³/mol. The molecule has 93 valence electrons. The van der Waals surface area contributed by atoms with E-state index in [-0.39, 0.29) is 26.3 Å². The number of halogens is 2. The summed E-state index contributed by atoms with van der Waals surface area (Å²) in [6, 6.07) is 3.35. The van der Waals surface area contributed by atoms with E-state index in [1.807, 2.05) is 6.07 Å². The van der Waals surface area contributed by atoms with Gasteiger partial charge in [0.2, 0.25) is 10.0 Å². The Kier molecular flexibility index (Phi) is 3.41. The summed E-state index contributed by atoms with van der Waals surface area (Å²) in [6.07, 6.45) is 0. The van der Waals surface area contributed by atoms with Crippen molar-refractivity contribution in [2.24, 2.45) is 0 Å². The summed E-state index contributed by atoms with van der Waals surface area (Å²) in [5, 5.41) is 0. The Hall–Kier alpha value is -1.05. The average molecular weight is 262 g/mol. The van der Waals surface area contributed by atoms with E-state index in [0.717, 1.165) is 10.4 Å². The van der Waals surface area contributed by atoms with Gasteiger partial charge in [-0.05, 0) is 6.07 Å². The average Bonchev–Trinajstić information content (AvgIpc) is 2.29. The van der Waals surface area contributed by atoms with E-state index in [9.17, 15) is 17.2 Å². The maximum absolute atomic E-state index is 13.0. The van der Waals surface area contributed by atoms with Crippen molar-refractivity contribution in [2.75, 3.05) is 26.3 Å². The summed E-state index contributed by atoms with van der Waals surface area (Å²) in [5.41, 5.74) is 0. The second-order valence-electron chi connectivity index (χ2n) is 3.53. The van der Waals surface area contributed by atoms with E-state index in [0.29, 0.717) is 6.07 Å². The second-order valence-corrected chi connectivity index (χ2v) is 5.43. The summed E-state index contributed by atoms with van der Waals surface area (Å²) in [5.74, 6) is -1.97. The van der Waals surface area contributed by atoms with Crippen LogP contribution in [0.5, 0.6) is 0 Å². The van der Waals surface area contributed by atoms with Gasteiger partial charge in [-0.3, -0.25) is 0 Å². The minimum atomic E-state index is -3.89. The molecule has 0 atom stereocenters. The zero-order valence-electron chi connectivity index (χ0n) is 8.82. The third-order valence-electron chi connectivity index (χ3n) is 2.36. The number of rotatable bonds is 2. The highest BCUT2D eigenvalue weighted by Crippen LogP contribution is 2.18. The van der Waals surface area contributed by atoms with Crippen LogP contribution in [0.3, 0.4) is 0 Å². The highest BCUT2D eigenvalue weighted by Gasteiger charge is 2.27. The van der Waals surface area contributed by atoms with Crippen LogP contribution in [0.2, 0.25) is 0 Å². The molecule has 17 heavy (non-hydrogen) atoms. The van der Waals surface area contributed by atoms with Gasteiger partial charge in [-0.15, -0.1) is 0 Å². The molecule has 0 saturated carbocycles. The molecule has 0 spiro atoms. The van der Waals surface area contributed by atoms with Crippen molar-refractivity contribution in [1.29, 1.82) is 0 Å². The van der Waals surface area contributed by atoms with Crippen molar-refractivity contribution in [3.05, 3.63) is 29.8 Å². The molecule has 0 amide bonds. The molecule has 1 aliphatic rings. The molecule has 1 radical (unpaired) electrons. The monoisotopic (exact) mass is 262 g/mol. The first-order valence-corrected chi connectivity index (χ1v) is 6.40. The van der Waals surface area contributed by atoms with Crippen molar-refractivity contribution in [1.82, 2.24) is 4.31 Å². The Morgan fingerprint density at radius 2 is 1.88 bits per heavy atom. The van der Waals surface area contributed by atoms with Crippen LogP contribution in [0, 0.1) is 17.7 Å². The lowest BCUT2D eigenvalue weighted by molar-refractivity contribution is 0.0730. The molecule has 0 aliphatic carbocycles. The summed E-state index contributed by atoms with van der Waals surface area (Å²) < 4.78 is 56.0. The smallest absolute Gasteiger partial charge is 0.244 e. The van der Waals surface area contributed by atoms with Gasteiger partial charge in [0.05, 0.1) is 18.1 Å². The van der Waals surface area contributed by atoms with Crippen molar-refractivity contribution >= 4 is 10.0 Å². The molecule has 4 nitrogen and oxygen atoms in total. The van der Waals surface area contributed by atoms with Crippen LogP contribution in [-0.2, 0) is 14.8 Å². The highest BCUT2D eigenvalue weighted by atomic mass is 32.2. The molecule has 1 aromatic carbocycles. The summed E-state index contributed by atoms with van der Waals surface area (Å²) >= 11 is 0. The fraction of sp³-hybridized carbons (Fsp3) is 0.400. The van der Waals surface area contributed by atoms with Crippen LogP contribution in [0.1, 0.15) is 0 Å². The van der Waals surface area contributed by atoms with Crippen molar-refractivity contribution in [3.63, 3.8) is 0 Å². The van der Waals surface area contributed by atoms with E-state index >= 15 is 0 Å². The lowest BCUT2D eigenvalue weighted by Gasteiger charge is -2.25. The maximum Gasteiger partial charge on any atom is 0.244 e. The van der Waals surface area contributed by atoms with Crippen molar-refractivity contribution in [2.45, 2.75) is 4.90 Å². The summed E-state index contributed by atoms with van der Waals surface area (Å²) in [4.78, 5) is -0.489. The van der Waals surface area contributed by atoms with E-state index < -0.39 is 26.6 Å². The van der Waals surface area contributed by atoms with Gasteiger partial charge in [0.1, 0.15) is 11.6 Å². The Bertz CT molecular complexity index is 492. The molecule has 1 heterocycles. The number of nitrogens with zero attached hydrogens (tertiary/aromatic N) is 1. The highest BCUT2D eigenvalue weighted by molar-refractivity contribution is 7.89. The normalized spacial score (nSPS) is 18.2. The van der Waals surface area contributed by atoms with Crippen LogP contribution in [0.15, 0.2) is 17.0 Å². The number of ether oxygens (including phenoxy) is 1. The molecule has 0 aromatic heterocycles. The standard InChI is InChI=1S/C10H10F2NO3S/c11-8-5-9(12)7-10(6-8)17(14,15)13-1-3-16-4-2-13/h5-6H,1-4H2. The van der Waals surface area contributed by atoms with E-state index in [4.69, 9.17) is 4.74 Å². The quantitative estimate of drug-likeness (QED) is 0.791. The Morgan fingerprint density at radius 1 is 1.24 bits per heavy atom. The van der Waals surface area contributed by atoms with Crippen LogP contribution in [0.4, 0.5) is 8.78 Å². The van der Waals surface area contributed by atoms with Gasteiger partial charge in [-0.1, -0.05) is 0 Å². The topological polar surface area (TPSA) is 46.6 Å². The second kappa shape index (κ2) is 4.67. The summed E-state index contributed by atoms with van der Waals surface area (Å²) in [7, 11) is -3.89. The minimum absolute atomic E-state index is 0.175. The fourth-order valence-corrected chi connectivity index (χ4v) is 2.94. The first kappa shape index (κ1) is 12.4. The molecule has 0 bridgehead atoms. The van der Waals surface area contributed by atoms with E-state index in [2.05, 4.69) is 0 Å². The summed E-state index contributed by atoms with van der Waals surface area (Å²) in [6.45, 7) is 0.899. The predicted octanol–water partition coefficient (Wildman–Crippen LogP) is 0.786. The zero-order valence-corrected chi connectivity index (χ0v) is 9.64. The maximum atomic E-state index is 13.0. The van der Waals surface area contributed by atoms with Gasteiger partial charge in [-0.2, -0.15) is 4.31 Å². The van der Waals surface area contributed by atoms with Gasteiger partial charge >= 0.3 is 0 Å². The Labute approximate surface area is 97.9 Å². The Morgan fingerprint density at radius 3 is 2.47 bits per heavy atom. The zero-order chi connectivity index (χ0) is 12.5. The molecule has 1 aromatic rings. The number of benzene rings is 1. The SMILES string of the molecule is O=S(=O)(c1[c]c(F)cc(F)c1)N1CCOCC1. The fourth-order valence-electron chi connectivity index (χ4n) is 1.54. The van der Waals surface area contributed by atoms with Gasteiger partial charge in [-0.25, -0.2) is 17.2 Å². The molecular weight excluding hydrogens is 252 g/mol. The third-order valence-corrected chi connectivity index (χ3v) is 4.18. The van der Waals surface area contributed by atoms with Crippen LogP contribution >= 0.6 is 0 Å². The molecule has 1 fully saturated rings. The van der Waals surface area contributed by atoms with Gasteiger partial charge < -0.3 is 4.74 Å². The molecule has 7 heteroatoms. The molecular formula is C10H10F2NO3S. The van der Waals surface area contributed by atoms with Crippen LogP contribution in [-0.4, -0.2) is 39.0 Å². The van der Waals surface area contributed by atoms with Gasteiger partial charge in [0.25, 0.3) is 0 Å². The van der Waals surface area contributed by atoms with Gasteiger partial charge in [0.15, 0.2) is 0 Å². The third kappa shape index (κ3) is 2.62. The minimum Gasteiger partial charge on any atom is -0.379 e. The largest absolute Gasteiger partial charge is 0.379 e. The number of hydrogen-bond donors (Lipinski definition) is 0. The van der Waals surface area contributed by atoms with Crippen molar-refractivity contribution in [3.8, 4) is 0 Å². The molecule has 1 saturated heterocycles. The molecule has 0 N–H and O–H groups in total. The first-order valence-electron chi connectivity index (χ1n) is 4.96. The Balaban J connectivity index is 2.36. The first-order chi connectivity index (χ1) is 8.00. The lowest BCUT2D eigenvalue weighted by Crippen LogP contribution is -2.40. The van der Waals surface area contributed by atoms with Crippen LogP contribution in [0.25, 0.3) is 0 Å². The lowest BCUT2D eigenvalue weighted by atomic mass is 10.3.